The van der Waals surface area contributed by atoms with Crippen LogP contribution in [0.15, 0.2) is 0 Å². The predicted octanol–water partition coefficient (Wildman–Crippen LogP) is 35.0. The molecule has 0 aromatic carbocycles. The maximum atomic E-state index is 11.8. The molecule has 0 aliphatic carbocycles. The molecule has 0 atom stereocenters. The Labute approximate surface area is 933 Å². The Balaban J connectivity index is -0.0000000490. The fourth-order valence-corrected chi connectivity index (χ4v) is 11.0. The largest absolute Gasteiger partial charge is 0.358 e. The number of Topliss-reactive ketones (excluding diaryl/α,β-unsaturated/α-hetero) is 7. The Hall–Kier alpha value is 5.42. The molecule has 0 aliphatic rings. The van der Waals surface area contributed by atoms with Crippen molar-refractivity contribution in [2.75, 3.05) is 0 Å². The average molecular weight is 2210 g/mol. The van der Waals surface area contributed by atoms with Crippen molar-refractivity contribution in [3.05, 3.63) is 100 Å². The van der Waals surface area contributed by atoms with Gasteiger partial charge in [-0.2, -0.15) is 44.9 Å². The quantitative estimate of drug-likeness (QED) is 0.0439. The topological polar surface area (TPSA) is 119 Å². The van der Waals surface area contributed by atoms with Crippen LogP contribution in [0.2, 0.25) is 0 Å². The molecule has 119 heavy (non-hydrogen) atoms. The fourth-order valence-electron chi connectivity index (χ4n) is 11.0. The predicted molar refractivity (Wildman–Crippen MR) is 512 cm³/mol. The summed E-state index contributed by atoms with van der Waals surface area (Å²) in [5, 5.41) is 0. The molecule has 0 rings (SSSR count). The van der Waals surface area contributed by atoms with E-state index in [0.29, 0.717) is 40.5 Å². The van der Waals surface area contributed by atoms with E-state index in [4.69, 9.17) is 0 Å². The van der Waals surface area contributed by atoms with Crippen LogP contribution in [0.25, 0.3) is 0 Å². The van der Waals surface area contributed by atoms with Crippen molar-refractivity contribution in [1.82, 2.24) is 0 Å². The summed E-state index contributed by atoms with van der Waals surface area (Å²) in [6, 6.07) is 0. The normalized spacial score (nSPS) is 10.2. The molecular formula is C105H210O7Y7-14. The number of rotatable bonds is 60. The third-order valence-corrected chi connectivity index (χ3v) is 19.3. The van der Waals surface area contributed by atoms with Gasteiger partial charge in [0.2, 0.25) is 0 Å². The molecule has 0 aliphatic heterocycles. The summed E-state index contributed by atoms with van der Waals surface area (Å²) in [4.78, 5) is 80.4. The van der Waals surface area contributed by atoms with E-state index < -0.39 is 0 Å². The maximum Gasteiger partial charge on any atom is 0.138 e. The summed E-state index contributed by atoms with van der Waals surface area (Å²) >= 11 is 0. The molecule has 707 valence electrons. The molecule has 0 aromatic heterocycles. The number of unbranched alkanes of at least 4 members (excludes halogenated alkanes) is 44. The molecule has 0 N–H and O–H groups in total. The van der Waals surface area contributed by atoms with Gasteiger partial charge in [-0.3, -0.25) is 33.6 Å². The van der Waals surface area contributed by atoms with Gasteiger partial charge in [0.1, 0.15) is 40.5 Å². The molecule has 0 saturated carbocycles. The standard InChI is InChI=1S/C20H39O.C16H31O.C15H29O.C14H27O.C12H23O.C11H21O.C10H19O.7CH3.7Y/c1-5-6-7-8-9-10-11-12-13-14-15-16-17-18-19(21)20(2,3)4;1-5-6-7-8-9-10-11-12-13-14-15(17)16(2,3)4;1-5-6-7-8-9-10-11-12-13-14(16)15(2,3)4;1-5-6-7-8-9-10-11-12-13(15)14(2,3)4;1-4-5-6-7-8-9-10-12(13)11(2)3;1-4-5-6-7-8-9-11(12)10(2)3;1-5-6-7-8-9(11)10(2,3)4;;;;;;;;;;;;;;/h1,5-18H2,2-4H3;1,5-14H2,2-4H3;1,5-13H2,2-4H3;1,5-12H2,2-4H3;11H,1,4-10H2,2-3H3;10H,1,4-9H2,2-3H3;1,5-8H2,2-4H3;7*1H3;;;;;;;/q14*-1;;;;;;;. The van der Waals surface area contributed by atoms with Crippen LogP contribution in [-0.2, 0) is 263 Å². The van der Waals surface area contributed by atoms with Crippen molar-refractivity contribution < 1.29 is 263 Å². The van der Waals surface area contributed by atoms with E-state index in [1.54, 1.807) is 0 Å². The zero-order valence-corrected chi connectivity index (χ0v) is 106. The van der Waals surface area contributed by atoms with E-state index in [-0.39, 0.29) is 320 Å². The smallest absolute Gasteiger partial charge is 0.138 e. The van der Waals surface area contributed by atoms with Crippen molar-refractivity contribution in [2.45, 2.75) is 504 Å². The summed E-state index contributed by atoms with van der Waals surface area (Å²) in [6.07, 6.45) is 68.0. The zero-order chi connectivity index (χ0) is 81.7. The molecule has 0 spiro atoms. The van der Waals surface area contributed by atoms with Crippen molar-refractivity contribution in [1.29, 1.82) is 0 Å². The first-order valence-corrected chi connectivity index (χ1v) is 44.5. The molecule has 0 bridgehead atoms. The van der Waals surface area contributed by atoms with Crippen LogP contribution >= 0.6 is 0 Å². The third-order valence-electron chi connectivity index (χ3n) is 19.3. The van der Waals surface area contributed by atoms with Crippen molar-refractivity contribution in [2.24, 2.45) is 38.9 Å². The summed E-state index contributed by atoms with van der Waals surface area (Å²) in [5.74, 6) is 3.27. The molecule has 0 unspecified atom stereocenters. The summed E-state index contributed by atoms with van der Waals surface area (Å²) in [6.45, 7) is 64.7. The Bertz CT molecular complexity index is 1920. The van der Waals surface area contributed by atoms with Crippen LogP contribution in [0.5, 0.6) is 0 Å². The van der Waals surface area contributed by atoms with Crippen LogP contribution in [0.4, 0.5) is 0 Å². The van der Waals surface area contributed by atoms with Crippen molar-refractivity contribution >= 4 is 40.5 Å². The summed E-state index contributed by atoms with van der Waals surface area (Å²) in [7, 11) is 0. The molecule has 7 radical (unpaired) electrons. The van der Waals surface area contributed by atoms with Gasteiger partial charge in [0.15, 0.2) is 0 Å². The Morgan fingerprint density at radius 1 is 0.168 bits per heavy atom. The minimum atomic E-state index is -0.152. The van der Waals surface area contributed by atoms with Gasteiger partial charge in [0.25, 0.3) is 0 Å². The zero-order valence-electron chi connectivity index (χ0n) is 86.0. The molecule has 0 saturated heterocycles. The molecule has 0 fully saturated rings. The number of ketones is 7. The van der Waals surface area contributed by atoms with Crippen LogP contribution in [-0.4, -0.2) is 40.5 Å². The van der Waals surface area contributed by atoms with Crippen molar-refractivity contribution in [3.63, 3.8) is 0 Å². The molecule has 0 amide bonds. The first kappa shape index (κ1) is 177. The maximum absolute atomic E-state index is 11.8. The Morgan fingerprint density at radius 3 is 0.353 bits per heavy atom. The van der Waals surface area contributed by atoms with Crippen LogP contribution in [0.1, 0.15) is 504 Å². The monoisotopic (exact) mass is 2210 g/mol. The van der Waals surface area contributed by atoms with Gasteiger partial charge in [0.05, 0.1) is 0 Å². The molecule has 0 heterocycles. The van der Waals surface area contributed by atoms with Gasteiger partial charge >= 0.3 is 0 Å². The third kappa shape index (κ3) is 155. The van der Waals surface area contributed by atoms with Gasteiger partial charge in [-0.05, 0) is 44.9 Å². The Morgan fingerprint density at radius 2 is 0.252 bits per heavy atom. The van der Waals surface area contributed by atoms with E-state index in [1.165, 1.54) is 231 Å². The Kier molecular flexibility index (Phi) is 190. The second kappa shape index (κ2) is 128. The number of hydrogen-bond acceptors (Lipinski definition) is 7. The van der Waals surface area contributed by atoms with Crippen molar-refractivity contribution in [3.8, 4) is 0 Å². The van der Waals surface area contributed by atoms with Crippen LogP contribution < -0.4 is 0 Å². The van der Waals surface area contributed by atoms with Gasteiger partial charge in [-0.1, -0.05) is 369 Å². The first-order chi connectivity index (χ1) is 49.3. The van der Waals surface area contributed by atoms with E-state index in [1.807, 2.05) is 132 Å². The van der Waals surface area contributed by atoms with E-state index in [2.05, 4.69) is 48.5 Å². The molecule has 14 heteroatoms. The second-order valence-corrected chi connectivity index (χ2v) is 36.4. The van der Waals surface area contributed by atoms with Gasteiger partial charge in [0, 0.05) is 313 Å². The molecular weight excluding hydrogens is 2000 g/mol. The average Bonchev–Trinajstić information content (AvgIpc) is 0.948. The van der Waals surface area contributed by atoms with Gasteiger partial charge in [-0.15, -0.1) is 0 Å². The van der Waals surface area contributed by atoms with E-state index in [0.717, 1.165) is 141 Å². The first-order valence-electron chi connectivity index (χ1n) is 44.5. The number of hydrogen-bond donors (Lipinski definition) is 0. The molecule has 7 nitrogen and oxygen atoms in total. The summed E-state index contributed by atoms with van der Waals surface area (Å²) < 4.78 is 0. The van der Waals surface area contributed by atoms with E-state index in [9.17, 15) is 33.6 Å². The minimum absolute atomic E-state index is 0. The van der Waals surface area contributed by atoms with Gasteiger partial charge < -0.3 is 100 Å². The fraction of sp³-hybridized carbons (Fsp3) is 0.800. The van der Waals surface area contributed by atoms with Crippen LogP contribution in [0.3, 0.4) is 0 Å². The molecule has 0 aromatic rings. The van der Waals surface area contributed by atoms with E-state index >= 15 is 0 Å². The SMILES string of the molecule is [CH2-]CCCCC(=O)C(C)(C)C.[CH2-]CCCCCCC(=O)C(C)C.[CH2-]CCCCCCCC(=O)C(C)C.[CH2-]CCCCCCCCC(=O)C(C)(C)C.[CH2-]CCCCCCCCCC(=O)C(C)(C)C.[CH2-]CCCCCCCCCCC(=O)C(C)(C)C.[CH2-]CCCCCCCCCCCCCCC(=O)C(C)(C)C.[CH3-].[CH3-].[CH3-].[CH3-].[CH3-].[CH3-].[CH3-].[Y].[Y].[Y].[Y].[Y].[Y].[Y]. The van der Waals surface area contributed by atoms with Crippen LogP contribution in [0, 0.1) is 139 Å². The second-order valence-electron chi connectivity index (χ2n) is 36.4. The number of carbonyl (C=O) groups is 7. The number of carbonyl (C=O) groups excluding carboxylic acids is 7. The van der Waals surface area contributed by atoms with Gasteiger partial charge in [-0.25, -0.2) is 0 Å². The minimum Gasteiger partial charge on any atom is -0.358 e. The summed E-state index contributed by atoms with van der Waals surface area (Å²) in [5.41, 5.74) is -0.731.